The Labute approximate surface area is 111 Å². The molecule has 3 N–H and O–H groups in total. The number of benzene rings is 2. The maximum absolute atomic E-state index is 13.1. The van der Waals surface area contributed by atoms with Crippen molar-refractivity contribution in [2.24, 2.45) is 0 Å². The van der Waals surface area contributed by atoms with Gasteiger partial charge < -0.3 is 11.1 Å². The molecule has 2 aromatic rings. The number of nitrogens with two attached hydrogens (primary N) is 1. The normalized spacial score (nSPS) is 11.4. The highest BCUT2D eigenvalue weighted by atomic mass is 19.4. The van der Waals surface area contributed by atoms with Crippen molar-refractivity contribution in [1.82, 2.24) is 0 Å². The highest BCUT2D eigenvalue weighted by molar-refractivity contribution is 5.72. The molecule has 0 saturated carbocycles. The molecule has 0 aromatic heterocycles. The molecule has 20 heavy (non-hydrogen) atoms. The van der Waals surface area contributed by atoms with Gasteiger partial charge in [-0.05, 0) is 36.4 Å². The maximum atomic E-state index is 13.1. The van der Waals surface area contributed by atoms with Crippen molar-refractivity contribution in [3.8, 4) is 0 Å². The fourth-order valence-electron chi connectivity index (χ4n) is 1.61. The number of hydrogen-bond acceptors (Lipinski definition) is 2. The van der Waals surface area contributed by atoms with E-state index in [4.69, 9.17) is 5.73 Å². The van der Waals surface area contributed by atoms with Gasteiger partial charge in [-0.15, -0.1) is 0 Å². The Morgan fingerprint density at radius 3 is 2.30 bits per heavy atom. The number of rotatable bonds is 2. The average molecular weight is 288 g/mol. The van der Waals surface area contributed by atoms with Crippen LogP contribution >= 0.6 is 0 Å². The van der Waals surface area contributed by atoms with Crippen molar-refractivity contribution in [2.75, 3.05) is 11.1 Å². The molecule has 0 spiro atoms. The highest BCUT2D eigenvalue weighted by Gasteiger charge is 2.34. The van der Waals surface area contributed by atoms with E-state index in [1.807, 2.05) is 0 Å². The van der Waals surface area contributed by atoms with Gasteiger partial charge in [0.2, 0.25) is 0 Å². The van der Waals surface area contributed by atoms with Gasteiger partial charge in [-0.1, -0.05) is 0 Å². The zero-order valence-corrected chi connectivity index (χ0v) is 9.93. The Kier molecular flexibility index (Phi) is 3.52. The molecular weight excluding hydrogens is 279 g/mol. The summed E-state index contributed by atoms with van der Waals surface area (Å²) in [4.78, 5) is 0. The molecule has 0 fully saturated rings. The Morgan fingerprint density at radius 1 is 0.950 bits per heavy atom. The lowest BCUT2D eigenvalue weighted by Gasteiger charge is -2.13. The van der Waals surface area contributed by atoms with Gasteiger partial charge in [-0.2, -0.15) is 13.2 Å². The summed E-state index contributed by atoms with van der Waals surface area (Å²) >= 11 is 0. The molecule has 0 aliphatic carbocycles. The lowest BCUT2D eigenvalue weighted by atomic mass is 10.1. The molecule has 2 rings (SSSR count). The van der Waals surface area contributed by atoms with E-state index in [2.05, 4.69) is 5.32 Å². The lowest BCUT2D eigenvalue weighted by molar-refractivity contribution is -0.139. The van der Waals surface area contributed by atoms with Crippen LogP contribution in [-0.4, -0.2) is 0 Å². The van der Waals surface area contributed by atoms with Crippen molar-refractivity contribution in [3.05, 3.63) is 53.6 Å². The summed E-state index contributed by atoms with van der Waals surface area (Å²) in [6.45, 7) is 0. The Balaban J connectivity index is 2.37. The molecule has 106 valence electrons. The number of nitrogen functional groups attached to an aromatic ring is 1. The molecule has 2 nitrogen and oxygen atoms in total. The van der Waals surface area contributed by atoms with Crippen molar-refractivity contribution in [1.29, 1.82) is 0 Å². The smallest absolute Gasteiger partial charge is 0.397 e. The average Bonchev–Trinajstić information content (AvgIpc) is 2.35. The molecule has 0 radical (unpaired) electrons. The second-order valence-corrected chi connectivity index (χ2v) is 4.05. The second kappa shape index (κ2) is 4.99. The van der Waals surface area contributed by atoms with E-state index in [0.29, 0.717) is 12.1 Å². The van der Waals surface area contributed by atoms with Gasteiger partial charge in [-0.3, -0.25) is 0 Å². The maximum Gasteiger partial charge on any atom is 0.419 e. The summed E-state index contributed by atoms with van der Waals surface area (Å²) in [5.41, 5.74) is 4.37. The summed E-state index contributed by atoms with van der Waals surface area (Å²) in [5, 5.41) is 2.52. The topological polar surface area (TPSA) is 38.0 Å². The summed E-state index contributed by atoms with van der Waals surface area (Å²) in [5.74, 6) is -1.98. The van der Waals surface area contributed by atoms with Crippen LogP contribution in [0, 0.1) is 11.6 Å². The van der Waals surface area contributed by atoms with Crippen molar-refractivity contribution >= 4 is 17.1 Å². The van der Waals surface area contributed by atoms with E-state index in [-0.39, 0.29) is 17.1 Å². The minimum atomic E-state index is -4.81. The number of halogens is 5. The quantitative estimate of drug-likeness (QED) is 0.638. The van der Waals surface area contributed by atoms with E-state index in [1.165, 1.54) is 6.07 Å². The number of alkyl halides is 3. The fraction of sp³-hybridized carbons (Fsp3) is 0.0769. The van der Waals surface area contributed by atoms with E-state index in [9.17, 15) is 22.0 Å². The number of anilines is 3. The van der Waals surface area contributed by atoms with Gasteiger partial charge in [0.25, 0.3) is 0 Å². The molecule has 0 heterocycles. The van der Waals surface area contributed by atoms with Crippen LogP contribution in [0.3, 0.4) is 0 Å². The molecule has 2 aromatic carbocycles. The molecule has 0 amide bonds. The molecular formula is C13H9F5N2. The van der Waals surface area contributed by atoms with E-state index < -0.39 is 23.4 Å². The van der Waals surface area contributed by atoms with Crippen LogP contribution in [0.15, 0.2) is 36.4 Å². The minimum Gasteiger partial charge on any atom is -0.397 e. The predicted octanol–water partition coefficient (Wildman–Crippen LogP) is 4.31. The van der Waals surface area contributed by atoms with Crippen molar-refractivity contribution in [3.63, 3.8) is 0 Å². The van der Waals surface area contributed by atoms with Gasteiger partial charge in [0.1, 0.15) is 11.6 Å². The first kappa shape index (κ1) is 14.1. The monoisotopic (exact) mass is 288 g/mol. The molecule has 0 bridgehead atoms. The molecule has 7 heteroatoms. The number of nitrogens with one attached hydrogen (secondary N) is 1. The van der Waals surface area contributed by atoms with Gasteiger partial charge in [-0.25, -0.2) is 8.78 Å². The highest BCUT2D eigenvalue weighted by Crippen LogP contribution is 2.34. The molecule has 0 unspecified atom stereocenters. The summed E-state index contributed by atoms with van der Waals surface area (Å²) < 4.78 is 63.8. The van der Waals surface area contributed by atoms with Crippen molar-refractivity contribution < 1.29 is 22.0 Å². The lowest BCUT2D eigenvalue weighted by Crippen LogP contribution is -2.08. The van der Waals surface area contributed by atoms with Crippen LogP contribution in [0.25, 0.3) is 0 Å². The standard InChI is InChI=1S/C13H9F5N2/c14-7-1-4-11(19)12(5-7)20-8-2-3-10(15)9(6-8)13(16,17)18/h1-6,20H,19H2. The summed E-state index contributed by atoms with van der Waals surface area (Å²) in [7, 11) is 0. The predicted molar refractivity (Wildman–Crippen MR) is 65.5 cm³/mol. The van der Waals surface area contributed by atoms with E-state index in [1.54, 1.807) is 0 Å². The molecule has 0 aliphatic heterocycles. The first-order chi connectivity index (χ1) is 9.27. The third kappa shape index (κ3) is 2.98. The SMILES string of the molecule is Nc1ccc(F)cc1Nc1ccc(F)c(C(F)(F)F)c1. The van der Waals surface area contributed by atoms with Crippen LogP contribution in [-0.2, 0) is 6.18 Å². The molecule has 0 aliphatic rings. The van der Waals surface area contributed by atoms with Crippen LogP contribution in [0.5, 0.6) is 0 Å². The number of hydrogen-bond donors (Lipinski definition) is 2. The van der Waals surface area contributed by atoms with Crippen LogP contribution < -0.4 is 11.1 Å². The van der Waals surface area contributed by atoms with E-state index in [0.717, 1.165) is 18.2 Å². The minimum absolute atomic E-state index is 0.0453. The summed E-state index contributed by atoms with van der Waals surface area (Å²) in [6, 6.07) is 5.80. The summed E-state index contributed by atoms with van der Waals surface area (Å²) in [6.07, 6.45) is -4.81. The zero-order valence-electron chi connectivity index (χ0n) is 9.93. The fourth-order valence-corrected chi connectivity index (χ4v) is 1.61. The first-order valence-corrected chi connectivity index (χ1v) is 5.46. The third-order valence-electron chi connectivity index (χ3n) is 2.57. The zero-order chi connectivity index (χ0) is 14.9. The molecule has 0 atom stereocenters. The Hall–Kier alpha value is -2.31. The largest absolute Gasteiger partial charge is 0.419 e. The van der Waals surface area contributed by atoms with Gasteiger partial charge in [0, 0.05) is 5.69 Å². The van der Waals surface area contributed by atoms with Crippen molar-refractivity contribution in [2.45, 2.75) is 6.18 Å². The Morgan fingerprint density at radius 2 is 1.65 bits per heavy atom. The first-order valence-electron chi connectivity index (χ1n) is 5.46. The van der Waals surface area contributed by atoms with Gasteiger partial charge >= 0.3 is 6.18 Å². The second-order valence-electron chi connectivity index (χ2n) is 4.05. The van der Waals surface area contributed by atoms with Crippen LogP contribution in [0.4, 0.5) is 39.0 Å². The molecule has 0 saturated heterocycles. The third-order valence-corrected chi connectivity index (χ3v) is 2.57. The van der Waals surface area contributed by atoms with Crippen LogP contribution in [0.2, 0.25) is 0 Å². The Bertz CT molecular complexity index is 637. The van der Waals surface area contributed by atoms with Crippen LogP contribution in [0.1, 0.15) is 5.56 Å². The van der Waals surface area contributed by atoms with E-state index >= 15 is 0 Å². The van der Waals surface area contributed by atoms with Gasteiger partial charge in [0.05, 0.1) is 16.9 Å². The van der Waals surface area contributed by atoms with Gasteiger partial charge in [0.15, 0.2) is 0 Å².